The highest BCUT2D eigenvalue weighted by Crippen LogP contribution is 2.35. The molecule has 0 saturated carbocycles. The van der Waals surface area contributed by atoms with E-state index in [2.05, 4.69) is 22.1 Å². The number of aromatic nitrogens is 2. The van der Waals surface area contributed by atoms with E-state index in [9.17, 15) is 22.8 Å². The topological polar surface area (TPSA) is 103 Å². The molecule has 0 radical (unpaired) electrons. The Labute approximate surface area is 199 Å². The number of alkyl halides is 3. The molecule has 10 heteroatoms. The van der Waals surface area contributed by atoms with Crippen molar-refractivity contribution in [3.63, 3.8) is 0 Å². The van der Waals surface area contributed by atoms with Crippen LogP contribution < -0.4 is 5.43 Å². The van der Waals surface area contributed by atoms with Gasteiger partial charge in [-0.15, -0.1) is 0 Å². The Morgan fingerprint density at radius 1 is 1.17 bits per heavy atom. The molecule has 1 amide bonds. The molecular formula is C25H24F3N3O4. The van der Waals surface area contributed by atoms with Crippen LogP contribution in [0.25, 0.3) is 0 Å². The zero-order chi connectivity index (χ0) is 25.6. The summed E-state index contributed by atoms with van der Waals surface area (Å²) in [5, 5.41) is 7.12. The normalized spacial score (nSPS) is 14.8. The maximum absolute atomic E-state index is 13.5. The van der Waals surface area contributed by atoms with Gasteiger partial charge in [0.2, 0.25) is 0 Å². The van der Waals surface area contributed by atoms with Crippen LogP contribution in [0.1, 0.15) is 51.6 Å². The molecular weight excluding hydrogens is 463 g/mol. The molecule has 2 heterocycles. The van der Waals surface area contributed by atoms with Gasteiger partial charge in [0.25, 0.3) is 5.91 Å². The van der Waals surface area contributed by atoms with E-state index < -0.39 is 12.1 Å². The third kappa shape index (κ3) is 6.56. The Morgan fingerprint density at radius 3 is 2.46 bits per heavy atom. The van der Waals surface area contributed by atoms with Crippen molar-refractivity contribution in [2.45, 2.75) is 44.9 Å². The van der Waals surface area contributed by atoms with E-state index in [0.717, 1.165) is 30.5 Å². The average Bonchev–Trinajstić information content (AvgIpc) is 2.82. The Bertz CT molecular complexity index is 1240. The number of rotatable bonds is 4. The lowest BCUT2D eigenvalue weighted by Gasteiger charge is -2.36. The first-order valence-corrected chi connectivity index (χ1v) is 10.8. The molecule has 0 aliphatic heterocycles. The number of carboxylic acid groups (broad SMARTS) is 1. The minimum absolute atomic E-state index is 0.0497. The van der Waals surface area contributed by atoms with E-state index in [1.54, 1.807) is 12.4 Å². The molecule has 184 valence electrons. The Balaban J connectivity index is 0.000000429. The summed E-state index contributed by atoms with van der Waals surface area (Å²) >= 11 is 0. The van der Waals surface area contributed by atoms with Crippen molar-refractivity contribution in [3.8, 4) is 0 Å². The fourth-order valence-corrected chi connectivity index (χ4v) is 3.96. The zero-order valence-electron chi connectivity index (χ0n) is 18.9. The van der Waals surface area contributed by atoms with Crippen LogP contribution in [-0.2, 0) is 17.8 Å². The molecule has 0 saturated heterocycles. The molecule has 1 atom stereocenters. The Hall–Kier alpha value is -3.95. The number of carbonyl (C=O) groups is 2. The van der Waals surface area contributed by atoms with Crippen LogP contribution in [0.2, 0.25) is 0 Å². The van der Waals surface area contributed by atoms with Gasteiger partial charge in [0.1, 0.15) is 5.56 Å². The Kier molecular flexibility index (Phi) is 8.06. The van der Waals surface area contributed by atoms with E-state index in [1.165, 1.54) is 23.4 Å². The molecule has 2 aromatic heterocycles. The summed E-state index contributed by atoms with van der Waals surface area (Å²) in [4.78, 5) is 43.8. The number of pyridine rings is 2. The van der Waals surface area contributed by atoms with Crippen molar-refractivity contribution in [1.82, 2.24) is 14.9 Å². The lowest BCUT2D eigenvalue weighted by atomic mass is 9.86. The van der Waals surface area contributed by atoms with Crippen molar-refractivity contribution in [3.05, 3.63) is 99.2 Å². The number of amides is 1. The van der Waals surface area contributed by atoms with Crippen LogP contribution in [0.15, 0.2) is 65.8 Å². The first kappa shape index (κ1) is 25.7. The number of halogens is 3. The number of carbonyl (C=O) groups excluding carboxylic acids is 1. The van der Waals surface area contributed by atoms with Gasteiger partial charge in [-0.3, -0.25) is 14.6 Å². The van der Waals surface area contributed by atoms with Crippen molar-refractivity contribution in [2.75, 3.05) is 0 Å². The molecule has 7 nitrogen and oxygen atoms in total. The zero-order valence-corrected chi connectivity index (χ0v) is 18.9. The number of H-pyrrole nitrogens is 1. The number of hydrogen-bond donors (Lipinski definition) is 2. The summed E-state index contributed by atoms with van der Waals surface area (Å²) in [6, 6.07) is 13.5. The van der Waals surface area contributed by atoms with Crippen LogP contribution in [0.5, 0.6) is 0 Å². The quantitative estimate of drug-likeness (QED) is 0.567. The van der Waals surface area contributed by atoms with Gasteiger partial charge in [-0.05, 0) is 55.0 Å². The van der Waals surface area contributed by atoms with Crippen LogP contribution in [-0.4, -0.2) is 38.0 Å². The first-order chi connectivity index (χ1) is 16.6. The second kappa shape index (κ2) is 11.0. The number of nitrogens with zero attached hydrogens (tertiary/aromatic N) is 2. The highest BCUT2D eigenvalue weighted by molar-refractivity contribution is 5.94. The van der Waals surface area contributed by atoms with Crippen molar-refractivity contribution in [1.29, 1.82) is 0 Å². The molecule has 1 aliphatic rings. The summed E-state index contributed by atoms with van der Waals surface area (Å²) in [7, 11) is 0. The van der Waals surface area contributed by atoms with Gasteiger partial charge in [0, 0.05) is 36.9 Å². The molecule has 3 aromatic rings. The minimum Gasteiger partial charge on any atom is -0.475 e. The number of benzene rings is 1. The van der Waals surface area contributed by atoms with Gasteiger partial charge in [-0.25, -0.2) is 4.79 Å². The van der Waals surface area contributed by atoms with Crippen LogP contribution >= 0.6 is 0 Å². The third-order valence-electron chi connectivity index (χ3n) is 5.61. The number of fused-ring (bicyclic) bond motifs is 1. The predicted molar refractivity (Wildman–Crippen MR) is 122 cm³/mol. The van der Waals surface area contributed by atoms with Gasteiger partial charge in [-0.2, -0.15) is 13.2 Å². The Morgan fingerprint density at radius 2 is 1.83 bits per heavy atom. The summed E-state index contributed by atoms with van der Waals surface area (Å²) < 4.78 is 31.7. The molecule has 0 fully saturated rings. The second-order valence-electron chi connectivity index (χ2n) is 8.09. The standard InChI is InChI=1S/C23H23N3O2.C2HF3O2/c1-16-13-22(27)20(14-25-16)23(28)26(15-17-9-11-24-12-10-17)21-8-4-6-18-5-2-3-7-19(18)21;3-2(4,5)1(6)7/h2-3,5,7,9-14,21H,4,6,8,15H2,1H3,(H,25,27);(H,6,7). The van der Waals surface area contributed by atoms with Gasteiger partial charge in [0.05, 0.1) is 6.04 Å². The second-order valence-corrected chi connectivity index (χ2v) is 8.09. The fraction of sp³-hybridized carbons (Fsp3) is 0.280. The smallest absolute Gasteiger partial charge is 0.475 e. The van der Waals surface area contributed by atoms with Gasteiger partial charge in [-0.1, -0.05) is 24.3 Å². The molecule has 4 rings (SSSR count). The highest BCUT2D eigenvalue weighted by atomic mass is 19.4. The minimum atomic E-state index is -5.08. The summed E-state index contributed by atoms with van der Waals surface area (Å²) in [6.45, 7) is 2.25. The number of aliphatic carboxylic acids is 1. The van der Waals surface area contributed by atoms with E-state index in [1.807, 2.05) is 36.1 Å². The molecule has 0 bridgehead atoms. The molecule has 1 aromatic carbocycles. The van der Waals surface area contributed by atoms with Crippen LogP contribution in [0.3, 0.4) is 0 Å². The first-order valence-electron chi connectivity index (χ1n) is 10.8. The molecule has 1 aliphatic carbocycles. The number of hydrogen-bond acceptors (Lipinski definition) is 4. The number of carboxylic acids is 1. The summed E-state index contributed by atoms with van der Waals surface area (Å²) in [5.41, 5.74) is 4.14. The van der Waals surface area contributed by atoms with E-state index in [4.69, 9.17) is 9.90 Å². The maximum Gasteiger partial charge on any atom is 0.490 e. The molecule has 35 heavy (non-hydrogen) atoms. The van der Waals surface area contributed by atoms with E-state index >= 15 is 0 Å². The van der Waals surface area contributed by atoms with Crippen molar-refractivity contribution >= 4 is 11.9 Å². The van der Waals surface area contributed by atoms with Crippen LogP contribution in [0, 0.1) is 6.92 Å². The monoisotopic (exact) mass is 487 g/mol. The van der Waals surface area contributed by atoms with Crippen molar-refractivity contribution in [2.24, 2.45) is 0 Å². The molecule has 0 spiro atoms. The van der Waals surface area contributed by atoms with Gasteiger partial charge >= 0.3 is 12.1 Å². The lowest BCUT2D eigenvalue weighted by molar-refractivity contribution is -0.192. The largest absolute Gasteiger partial charge is 0.490 e. The lowest BCUT2D eigenvalue weighted by Crippen LogP contribution is -2.38. The molecule has 2 N–H and O–H groups in total. The third-order valence-corrected chi connectivity index (χ3v) is 5.61. The number of aryl methyl sites for hydroxylation is 2. The van der Waals surface area contributed by atoms with Crippen molar-refractivity contribution < 1.29 is 27.9 Å². The van der Waals surface area contributed by atoms with E-state index in [0.29, 0.717) is 6.54 Å². The highest BCUT2D eigenvalue weighted by Gasteiger charge is 2.38. The number of aromatic amines is 1. The fourth-order valence-electron chi connectivity index (χ4n) is 3.96. The van der Waals surface area contributed by atoms with Crippen LogP contribution in [0.4, 0.5) is 13.2 Å². The molecule has 1 unspecified atom stereocenters. The summed E-state index contributed by atoms with van der Waals surface area (Å²) in [5.74, 6) is -2.99. The SMILES string of the molecule is Cc1cc(=O)c(C(=O)N(Cc2ccncc2)C2CCCc3ccccc32)c[nH]1.O=C(O)C(F)(F)F. The number of nitrogens with one attached hydrogen (secondary N) is 1. The van der Waals surface area contributed by atoms with Gasteiger partial charge < -0.3 is 15.0 Å². The summed E-state index contributed by atoms with van der Waals surface area (Å²) in [6.07, 6.45) is 2.84. The predicted octanol–water partition coefficient (Wildman–Crippen LogP) is 4.43. The van der Waals surface area contributed by atoms with E-state index in [-0.39, 0.29) is 22.9 Å². The maximum atomic E-state index is 13.5. The van der Waals surface area contributed by atoms with Gasteiger partial charge in [0.15, 0.2) is 5.43 Å². The average molecular weight is 487 g/mol.